The number of benzene rings is 1. The number of nitrogens with zero attached hydrogens (tertiary/aromatic N) is 1. The first-order valence-corrected chi connectivity index (χ1v) is 11.6. The number of ether oxygens (including phenoxy) is 2. The van der Waals surface area contributed by atoms with Crippen molar-refractivity contribution in [3.05, 3.63) is 41.4 Å². The zero-order valence-electron chi connectivity index (χ0n) is 18.5. The molecule has 0 fully saturated rings. The van der Waals surface area contributed by atoms with Crippen LogP contribution in [0.4, 0.5) is 0 Å². The molecular weight excluding hydrogens is 432 g/mol. The number of carbonyl (C=O) groups is 2. The van der Waals surface area contributed by atoms with Crippen LogP contribution in [0.1, 0.15) is 43.0 Å². The molecule has 0 aliphatic heterocycles. The summed E-state index contributed by atoms with van der Waals surface area (Å²) < 4.78 is 10.8. The number of aliphatic hydroxyl groups is 1. The van der Waals surface area contributed by atoms with Gasteiger partial charge in [-0.25, -0.2) is 4.98 Å². The van der Waals surface area contributed by atoms with Gasteiger partial charge in [-0.3, -0.25) is 9.59 Å². The van der Waals surface area contributed by atoms with Crippen LogP contribution >= 0.6 is 11.3 Å². The minimum atomic E-state index is -0.617. The van der Waals surface area contributed by atoms with Crippen molar-refractivity contribution in [3.8, 4) is 10.9 Å². The fourth-order valence-corrected chi connectivity index (χ4v) is 2.94. The molecule has 0 radical (unpaired) electrons. The molecule has 0 spiro atoms. The average Bonchev–Trinajstić information content (AvgIpc) is 3.32. The number of hydrogen-bond donors (Lipinski definition) is 4. The van der Waals surface area contributed by atoms with E-state index in [0.717, 1.165) is 19.4 Å². The van der Waals surface area contributed by atoms with Gasteiger partial charge < -0.3 is 30.9 Å². The summed E-state index contributed by atoms with van der Waals surface area (Å²) in [5.41, 5.74) is 5.60. The molecule has 2 amide bonds. The number of nitrogens with one attached hydrogen (secondary N) is 2. The van der Waals surface area contributed by atoms with E-state index in [1.165, 1.54) is 30.6 Å². The largest absolute Gasteiger partial charge is 0.492 e. The molecule has 10 heteroatoms. The van der Waals surface area contributed by atoms with E-state index in [1.807, 2.05) is 5.38 Å². The van der Waals surface area contributed by atoms with Crippen molar-refractivity contribution in [2.45, 2.75) is 38.7 Å². The van der Waals surface area contributed by atoms with Crippen molar-refractivity contribution in [1.82, 2.24) is 15.6 Å². The number of thiazole rings is 1. The van der Waals surface area contributed by atoms with Crippen molar-refractivity contribution < 1.29 is 24.2 Å². The topological polar surface area (TPSA) is 136 Å². The molecule has 2 rings (SSSR count). The van der Waals surface area contributed by atoms with Gasteiger partial charge in [0.25, 0.3) is 5.19 Å². The summed E-state index contributed by atoms with van der Waals surface area (Å²) >= 11 is 1.38. The van der Waals surface area contributed by atoms with E-state index in [-0.39, 0.29) is 6.61 Å². The third-order valence-corrected chi connectivity index (χ3v) is 4.82. The van der Waals surface area contributed by atoms with Crippen LogP contribution in [-0.4, -0.2) is 61.4 Å². The monoisotopic (exact) mass is 466 g/mol. The number of aromatic nitrogens is 1. The molecule has 1 aromatic heterocycles. The standard InChI is InChI=1S/C15H19N3O4S.C7H15NO/c16-14(20)11-1-3-13(4-2-11)21-7-5-17-9-12(19)10-22-15-18-6-8-23-15;1-2-3-4-5-6-8-7-9/h1-4,6,8,12,17,19H,5,7,9-10H2,(H2,16,20);7H,2-6H2,1H3,(H,8,9). The van der Waals surface area contributed by atoms with Crippen molar-refractivity contribution in [2.24, 2.45) is 5.73 Å². The van der Waals surface area contributed by atoms with Crippen molar-refractivity contribution >= 4 is 23.7 Å². The Morgan fingerprint density at radius 2 is 2.00 bits per heavy atom. The molecular formula is C22H34N4O5S. The predicted octanol–water partition coefficient (Wildman–Crippen LogP) is 1.96. The van der Waals surface area contributed by atoms with Crippen LogP contribution in [0.2, 0.25) is 0 Å². The number of aliphatic hydroxyl groups excluding tert-OH is 1. The van der Waals surface area contributed by atoms with E-state index in [9.17, 15) is 14.7 Å². The molecule has 2 aromatic rings. The maximum atomic E-state index is 10.9. The minimum absolute atomic E-state index is 0.190. The summed E-state index contributed by atoms with van der Waals surface area (Å²) in [6.45, 7) is 4.61. The molecule has 1 heterocycles. The lowest BCUT2D eigenvalue weighted by Crippen LogP contribution is -2.33. The van der Waals surface area contributed by atoms with Crippen LogP contribution in [0.25, 0.3) is 0 Å². The van der Waals surface area contributed by atoms with Crippen molar-refractivity contribution in [2.75, 3.05) is 32.8 Å². The summed E-state index contributed by atoms with van der Waals surface area (Å²) in [4.78, 5) is 24.6. The van der Waals surface area contributed by atoms with Gasteiger partial charge in [0.15, 0.2) is 0 Å². The number of primary amides is 1. The van der Waals surface area contributed by atoms with Gasteiger partial charge in [-0.2, -0.15) is 0 Å². The Bertz CT molecular complexity index is 728. The van der Waals surface area contributed by atoms with Crippen LogP contribution in [-0.2, 0) is 4.79 Å². The van der Waals surface area contributed by atoms with E-state index in [0.29, 0.717) is 36.2 Å². The van der Waals surface area contributed by atoms with Crippen LogP contribution in [0.3, 0.4) is 0 Å². The third-order valence-electron chi connectivity index (χ3n) is 4.13. The molecule has 5 N–H and O–H groups in total. The summed E-state index contributed by atoms with van der Waals surface area (Å²) in [5.74, 6) is 0.191. The van der Waals surface area contributed by atoms with Gasteiger partial charge in [-0.1, -0.05) is 37.5 Å². The SMILES string of the molecule is CCCCCCNC=O.NC(=O)c1ccc(OCCNCC(O)COc2nccs2)cc1. The van der Waals surface area contributed by atoms with E-state index in [2.05, 4.69) is 22.5 Å². The smallest absolute Gasteiger partial charge is 0.273 e. The summed E-state index contributed by atoms with van der Waals surface area (Å²) in [5, 5.41) is 17.8. The highest BCUT2D eigenvalue weighted by Crippen LogP contribution is 2.13. The zero-order chi connectivity index (χ0) is 23.4. The summed E-state index contributed by atoms with van der Waals surface area (Å²) in [6, 6.07) is 6.61. The number of hydrogen-bond acceptors (Lipinski definition) is 8. The Morgan fingerprint density at radius 1 is 1.22 bits per heavy atom. The molecule has 0 bridgehead atoms. The van der Waals surface area contributed by atoms with Crippen LogP contribution in [0.5, 0.6) is 10.9 Å². The normalized spacial score (nSPS) is 11.1. The van der Waals surface area contributed by atoms with Gasteiger partial charge in [-0.15, -0.1) is 0 Å². The number of nitrogens with two attached hydrogens (primary N) is 1. The highest BCUT2D eigenvalue weighted by atomic mass is 32.1. The summed E-state index contributed by atoms with van der Waals surface area (Å²) in [7, 11) is 0. The quantitative estimate of drug-likeness (QED) is 0.219. The first-order chi connectivity index (χ1) is 15.6. The molecule has 1 unspecified atom stereocenters. The minimum Gasteiger partial charge on any atom is -0.492 e. The zero-order valence-corrected chi connectivity index (χ0v) is 19.3. The first kappa shape index (κ1) is 27.3. The Labute approximate surface area is 193 Å². The highest BCUT2D eigenvalue weighted by molar-refractivity contribution is 7.11. The van der Waals surface area contributed by atoms with Gasteiger partial charge in [0.05, 0.1) is 0 Å². The second kappa shape index (κ2) is 17.9. The summed E-state index contributed by atoms with van der Waals surface area (Å²) in [6.07, 6.45) is 6.67. The number of carbonyl (C=O) groups excluding carboxylic acids is 2. The Hall–Kier alpha value is -2.69. The molecule has 0 saturated heterocycles. The van der Waals surface area contributed by atoms with Crippen molar-refractivity contribution in [3.63, 3.8) is 0 Å². The predicted molar refractivity (Wildman–Crippen MR) is 125 cm³/mol. The van der Waals surface area contributed by atoms with Crippen LogP contribution in [0, 0.1) is 0 Å². The molecule has 0 saturated carbocycles. The fraction of sp³-hybridized carbons (Fsp3) is 0.500. The van der Waals surface area contributed by atoms with E-state index in [4.69, 9.17) is 15.2 Å². The number of amides is 2. The molecule has 9 nitrogen and oxygen atoms in total. The van der Waals surface area contributed by atoms with Gasteiger partial charge >= 0.3 is 0 Å². The molecule has 0 aliphatic carbocycles. The van der Waals surface area contributed by atoms with Gasteiger partial charge in [0.2, 0.25) is 12.3 Å². The Balaban J connectivity index is 0.000000482. The van der Waals surface area contributed by atoms with Gasteiger partial charge in [0, 0.05) is 36.8 Å². The second-order valence-electron chi connectivity index (χ2n) is 6.84. The maximum Gasteiger partial charge on any atom is 0.273 e. The Kier molecular flexibility index (Phi) is 15.3. The van der Waals surface area contributed by atoms with Gasteiger partial charge in [-0.05, 0) is 30.7 Å². The van der Waals surface area contributed by atoms with E-state index >= 15 is 0 Å². The highest BCUT2D eigenvalue weighted by Gasteiger charge is 2.06. The molecule has 1 atom stereocenters. The van der Waals surface area contributed by atoms with Crippen molar-refractivity contribution in [1.29, 1.82) is 0 Å². The fourth-order valence-electron chi connectivity index (χ4n) is 2.45. The van der Waals surface area contributed by atoms with Crippen LogP contribution < -0.4 is 25.8 Å². The lowest BCUT2D eigenvalue weighted by atomic mass is 10.2. The van der Waals surface area contributed by atoms with Gasteiger partial charge in [0.1, 0.15) is 25.1 Å². The molecule has 1 aromatic carbocycles. The average molecular weight is 467 g/mol. The Morgan fingerprint density at radius 3 is 2.62 bits per heavy atom. The molecule has 178 valence electrons. The lowest BCUT2D eigenvalue weighted by molar-refractivity contribution is -0.109. The second-order valence-corrected chi connectivity index (χ2v) is 7.69. The van der Waals surface area contributed by atoms with E-state index < -0.39 is 12.0 Å². The first-order valence-electron chi connectivity index (χ1n) is 10.7. The lowest BCUT2D eigenvalue weighted by Gasteiger charge is -2.12. The maximum absolute atomic E-state index is 10.9. The molecule has 0 aliphatic rings. The van der Waals surface area contributed by atoms with Crippen LogP contribution in [0.15, 0.2) is 35.8 Å². The number of rotatable bonds is 16. The molecule has 32 heavy (non-hydrogen) atoms. The van der Waals surface area contributed by atoms with E-state index in [1.54, 1.807) is 30.5 Å². The number of unbranched alkanes of at least 4 members (excludes halogenated alkanes) is 3. The third kappa shape index (κ3) is 13.6.